The molecule has 1 aliphatic rings. The van der Waals surface area contributed by atoms with Crippen molar-refractivity contribution in [1.29, 1.82) is 0 Å². The third-order valence-corrected chi connectivity index (χ3v) is 3.88. The van der Waals surface area contributed by atoms with Gasteiger partial charge in [0.25, 0.3) is 0 Å². The number of carbonyl (C=O) groups is 1. The number of hydrogen-bond acceptors (Lipinski definition) is 5. The molecule has 0 aliphatic heterocycles. The van der Waals surface area contributed by atoms with Crippen molar-refractivity contribution < 1.29 is 9.53 Å². The van der Waals surface area contributed by atoms with Gasteiger partial charge in [0.2, 0.25) is 0 Å². The van der Waals surface area contributed by atoms with Crippen LogP contribution in [0.4, 0.5) is 0 Å². The lowest BCUT2D eigenvalue weighted by atomic mass is 9.76. The van der Waals surface area contributed by atoms with E-state index in [2.05, 4.69) is 29.4 Å². The Hall–Kier alpha value is -1.43. The molecule has 0 aromatic carbocycles. The highest BCUT2D eigenvalue weighted by molar-refractivity contribution is 5.81. The Bertz CT molecular complexity index is 463. The van der Waals surface area contributed by atoms with E-state index >= 15 is 0 Å². The smallest absolute Gasteiger partial charge is 0.326 e. The van der Waals surface area contributed by atoms with Crippen molar-refractivity contribution in [3.8, 4) is 0 Å². The Labute approximate surface area is 113 Å². The summed E-state index contributed by atoms with van der Waals surface area (Å²) in [7, 11) is 3.39. The Morgan fingerprint density at radius 1 is 1.47 bits per heavy atom. The van der Waals surface area contributed by atoms with Crippen LogP contribution >= 0.6 is 0 Å². The quantitative estimate of drug-likeness (QED) is 0.809. The van der Waals surface area contributed by atoms with Crippen LogP contribution in [0.3, 0.4) is 0 Å². The van der Waals surface area contributed by atoms with Gasteiger partial charge in [-0.3, -0.25) is 10.1 Å². The predicted molar refractivity (Wildman–Crippen MR) is 70.5 cm³/mol. The summed E-state index contributed by atoms with van der Waals surface area (Å²) >= 11 is 0. The van der Waals surface area contributed by atoms with Gasteiger partial charge in [0, 0.05) is 13.0 Å². The third-order valence-electron chi connectivity index (χ3n) is 3.88. The molecule has 1 aromatic heterocycles. The molecular formula is C13H22N4O2. The van der Waals surface area contributed by atoms with Crippen molar-refractivity contribution in [3.05, 3.63) is 11.6 Å². The maximum atomic E-state index is 11.8. The summed E-state index contributed by atoms with van der Waals surface area (Å²) in [5.74, 6) is 1.96. The van der Waals surface area contributed by atoms with Gasteiger partial charge in [-0.05, 0) is 19.3 Å². The summed E-state index contributed by atoms with van der Waals surface area (Å²) in [5, 5.41) is 11.7. The zero-order valence-electron chi connectivity index (χ0n) is 12.1. The number of rotatable bonds is 5. The average molecular weight is 266 g/mol. The SMILES string of the molecule is COC(=O)C1(NCc2nnc(C(C)C)n2C)CCC1. The topological polar surface area (TPSA) is 69.0 Å². The van der Waals surface area contributed by atoms with Gasteiger partial charge in [0.1, 0.15) is 17.2 Å². The van der Waals surface area contributed by atoms with E-state index < -0.39 is 5.54 Å². The molecule has 2 rings (SSSR count). The van der Waals surface area contributed by atoms with E-state index in [1.165, 1.54) is 7.11 Å². The molecule has 1 aliphatic carbocycles. The highest BCUT2D eigenvalue weighted by Gasteiger charge is 2.45. The van der Waals surface area contributed by atoms with Crippen LogP contribution in [0.15, 0.2) is 0 Å². The largest absolute Gasteiger partial charge is 0.468 e. The van der Waals surface area contributed by atoms with Crippen LogP contribution in [0.5, 0.6) is 0 Å². The molecule has 6 nitrogen and oxygen atoms in total. The molecule has 0 radical (unpaired) electrons. The molecule has 0 amide bonds. The predicted octanol–water partition coefficient (Wildman–Crippen LogP) is 1.12. The molecule has 0 spiro atoms. The number of ether oxygens (including phenoxy) is 1. The number of carbonyl (C=O) groups excluding carboxylic acids is 1. The van der Waals surface area contributed by atoms with Gasteiger partial charge >= 0.3 is 5.97 Å². The minimum Gasteiger partial charge on any atom is -0.468 e. The normalized spacial score (nSPS) is 17.3. The zero-order valence-corrected chi connectivity index (χ0v) is 12.1. The molecule has 19 heavy (non-hydrogen) atoms. The van der Waals surface area contributed by atoms with Crippen molar-refractivity contribution in [2.24, 2.45) is 7.05 Å². The fourth-order valence-electron chi connectivity index (χ4n) is 2.46. The van der Waals surface area contributed by atoms with Gasteiger partial charge in [-0.15, -0.1) is 10.2 Å². The molecular weight excluding hydrogens is 244 g/mol. The number of aromatic nitrogens is 3. The Morgan fingerprint density at radius 3 is 2.58 bits per heavy atom. The Kier molecular flexibility index (Phi) is 3.89. The number of hydrogen-bond donors (Lipinski definition) is 1. The molecule has 1 N–H and O–H groups in total. The van der Waals surface area contributed by atoms with Crippen LogP contribution < -0.4 is 5.32 Å². The van der Waals surface area contributed by atoms with Crippen molar-refractivity contribution >= 4 is 5.97 Å². The van der Waals surface area contributed by atoms with Crippen LogP contribution in [-0.4, -0.2) is 33.4 Å². The first kappa shape index (κ1) is 14.0. The standard InChI is InChI=1S/C13H22N4O2/c1-9(2)11-16-15-10(17(11)3)8-14-13(6-5-7-13)12(18)19-4/h9,14H,5-8H2,1-4H3. The molecule has 1 heterocycles. The number of nitrogens with zero attached hydrogens (tertiary/aromatic N) is 3. The van der Waals surface area contributed by atoms with Gasteiger partial charge in [-0.25, -0.2) is 0 Å². The highest BCUT2D eigenvalue weighted by atomic mass is 16.5. The minimum atomic E-state index is -0.515. The fourth-order valence-corrected chi connectivity index (χ4v) is 2.46. The van der Waals surface area contributed by atoms with Crippen molar-refractivity contribution in [1.82, 2.24) is 20.1 Å². The van der Waals surface area contributed by atoms with Crippen LogP contribution in [0.25, 0.3) is 0 Å². The lowest BCUT2D eigenvalue weighted by Crippen LogP contribution is -2.57. The van der Waals surface area contributed by atoms with E-state index in [0.717, 1.165) is 30.9 Å². The average Bonchev–Trinajstić information content (AvgIpc) is 2.69. The molecule has 0 saturated heterocycles. The summed E-state index contributed by atoms with van der Waals surface area (Å²) in [6, 6.07) is 0. The summed E-state index contributed by atoms with van der Waals surface area (Å²) < 4.78 is 6.86. The van der Waals surface area contributed by atoms with E-state index in [4.69, 9.17) is 4.74 Å². The van der Waals surface area contributed by atoms with E-state index in [9.17, 15) is 4.79 Å². The molecule has 6 heteroatoms. The van der Waals surface area contributed by atoms with E-state index in [1.54, 1.807) is 0 Å². The second kappa shape index (κ2) is 5.28. The van der Waals surface area contributed by atoms with Gasteiger partial charge in [0.15, 0.2) is 0 Å². The molecule has 0 bridgehead atoms. The van der Waals surface area contributed by atoms with Crippen LogP contribution in [0.2, 0.25) is 0 Å². The van der Waals surface area contributed by atoms with Crippen LogP contribution in [0, 0.1) is 0 Å². The molecule has 1 saturated carbocycles. The Morgan fingerprint density at radius 2 is 2.16 bits per heavy atom. The number of methoxy groups -OCH3 is 1. The first-order chi connectivity index (χ1) is 9.00. The Balaban J connectivity index is 2.04. The first-order valence-corrected chi connectivity index (χ1v) is 6.72. The minimum absolute atomic E-state index is 0.176. The second-order valence-corrected chi connectivity index (χ2v) is 5.47. The zero-order chi connectivity index (χ0) is 14.0. The maximum Gasteiger partial charge on any atom is 0.326 e. The lowest BCUT2D eigenvalue weighted by molar-refractivity contribution is -0.152. The fraction of sp³-hybridized carbons (Fsp3) is 0.769. The summed E-state index contributed by atoms with van der Waals surface area (Å²) in [6.07, 6.45) is 2.71. The van der Waals surface area contributed by atoms with Crippen molar-refractivity contribution in [2.75, 3.05) is 7.11 Å². The highest BCUT2D eigenvalue weighted by Crippen LogP contribution is 2.33. The third kappa shape index (κ3) is 2.49. The maximum absolute atomic E-state index is 11.8. The van der Waals surface area contributed by atoms with Gasteiger partial charge in [0.05, 0.1) is 13.7 Å². The summed E-state index contributed by atoms with van der Waals surface area (Å²) in [6.45, 7) is 4.71. The van der Waals surface area contributed by atoms with Crippen molar-refractivity contribution in [3.63, 3.8) is 0 Å². The molecule has 0 atom stereocenters. The summed E-state index contributed by atoms with van der Waals surface area (Å²) in [5.41, 5.74) is -0.515. The van der Waals surface area contributed by atoms with Gasteiger partial charge in [-0.2, -0.15) is 0 Å². The van der Waals surface area contributed by atoms with Crippen LogP contribution in [0.1, 0.15) is 50.7 Å². The van der Waals surface area contributed by atoms with Gasteiger partial charge < -0.3 is 9.30 Å². The monoisotopic (exact) mass is 266 g/mol. The molecule has 0 unspecified atom stereocenters. The van der Waals surface area contributed by atoms with E-state index in [-0.39, 0.29) is 5.97 Å². The van der Waals surface area contributed by atoms with Crippen molar-refractivity contribution in [2.45, 2.75) is 51.1 Å². The molecule has 1 fully saturated rings. The summed E-state index contributed by atoms with van der Waals surface area (Å²) in [4.78, 5) is 11.8. The van der Waals surface area contributed by atoms with Crippen LogP contribution in [-0.2, 0) is 23.1 Å². The number of nitrogens with one attached hydrogen (secondary N) is 1. The first-order valence-electron chi connectivity index (χ1n) is 6.72. The van der Waals surface area contributed by atoms with Gasteiger partial charge in [-0.1, -0.05) is 13.8 Å². The van der Waals surface area contributed by atoms with E-state index in [0.29, 0.717) is 12.5 Å². The number of esters is 1. The lowest BCUT2D eigenvalue weighted by Gasteiger charge is -2.39. The second-order valence-electron chi connectivity index (χ2n) is 5.47. The van der Waals surface area contributed by atoms with E-state index in [1.807, 2.05) is 11.6 Å². The molecule has 1 aromatic rings. The molecule has 106 valence electrons.